The molecule has 1 aliphatic rings. The number of rotatable bonds is 4. The van der Waals surface area contributed by atoms with E-state index >= 15 is 0 Å². The molecule has 6 nitrogen and oxygen atoms in total. The zero-order valence-corrected chi connectivity index (χ0v) is 12.6. The molecule has 2 amide bonds. The monoisotopic (exact) mass is 312 g/mol. The van der Waals surface area contributed by atoms with Crippen LogP contribution < -0.4 is 20.1 Å². The fourth-order valence-electron chi connectivity index (χ4n) is 2.24. The summed E-state index contributed by atoms with van der Waals surface area (Å²) in [6.45, 7) is 1.80. The number of anilines is 2. The lowest BCUT2D eigenvalue weighted by Gasteiger charge is -2.20. The van der Waals surface area contributed by atoms with E-state index in [2.05, 4.69) is 10.6 Å². The van der Waals surface area contributed by atoms with Gasteiger partial charge in [0.2, 0.25) is 0 Å². The molecule has 6 heteroatoms. The molecule has 0 atom stereocenters. The molecule has 23 heavy (non-hydrogen) atoms. The molecule has 2 aromatic rings. The van der Waals surface area contributed by atoms with Crippen LogP contribution in [0.2, 0.25) is 0 Å². The van der Waals surface area contributed by atoms with Crippen LogP contribution in [-0.2, 0) is 9.59 Å². The molecule has 2 aromatic carbocycles. The van der Waals surface area contributed by atoms with E-state index in [1.165, 1.54) is 0 Å². The van der Waals surface area contributed by atoms with Crippen LogP contribution in [0.1, 0.15) is 5.56 Å². The Bertz CT molecular complexity index is 758. The van der Waals surface area contributed by atoms with Crippen molar-refractivity contribution in [2.24, 2.45) is 0 Å². The van der Waals surface area contributed by atoms with Gasteiger partial charge in [0, 0.05) is 0 Å². The summed E-state index contributed by atoms with van der Waals surface area (Å²) >= 11 is 0. The second-order valence-electron chi connectivity index (χ2n) is 5.17. The normalized spacial score (nSPS) is 12.7. The van der Waals surface area contributed by atoms with Gasteiger partial charge in [0.15, 0.2) is 13.2 Å². The topological polar surface area (TPSA) is 76.7 Å². The summed E-state index contributed by atoms with van der Waals surface area (Å²) in [6, 6.07) is 12.6. The minimum absolute atomic E-state index is 0.0269. The van der Waals surface area contributed by atoms with Crippen molar-refractivity contribution in [3.63, 3.8) is 0 Å². The van der Waals surface area contributed by atoms with Gasteiger partial charge in [-0.15, -0.1) is 0 Å². The fourth-order valence-corrected chi connectivity index (χ4v) is 2.24. The first kappa shape index (κ1) is 14.9. The summed E-state index contributed by atoms with van der Waals surface area (Å²) < 4.78 is 10.8. The molecule has 0 fully saturated rings. The van der Waals surface area contributed by atoms with Crippen molar-refractivity contribution in [3.05, 3.63) is 48.0 Å². The highest BCUT2D eigenvalue weighted by Gasteiger charge is 2.19. The molecule has 0 bridgehead atoms. The van der Waals surface area contributed by atoms with Gasteiger partial charge in [-0.3, -0.25) is 9.59 Å². The van der Waals surface area contributed by atoms with Crippen LogP contribution in [0.25, 0.3) is 0 Å². The van der Waals surface area contributed by atoms with Gasteiger partial charge in [-0.25, -0.2) is 0 Å². The number of carbonyl (C=O) groups excluding carboxylic acids is 2. The first-order valence-corrected chi connectivity index (χ1v) is 7.17. The number of amides is 2. The van der Waals surface area contributed by atoms with Gasteiger partial charge in [-0.1, -0.05) is 18.2 Å². The number of nitrogens with one attached hydrogen (secondary N) is 2. The summed E-state index contributed by atoms with van der Waals surface area (Å²) in [5.41, 5.74) is 2.00. The quantitative estimate of drug-likeness (QED) is 0.908. The lowest BCUT2D eigenvalue weighted by molar-refractivity contribution is -0.119. The maximum atomic E-state index is 12.0. The Labute approximate surface area is 133 Å². The molecule has 1 heterocycles. The van der Waals surface area contributed by atoms with E-state index in [1.54, 1.807) is 24.3 Å². The first-order chi connectivity index (χ1) is 11.1. The molecule has 0 saturated carbocycles. The maximum Gasteiger partial charge on any atom is 0.262 e. The molecule has 3 rings (SSSR count). The number of hydrogen-bond donors (Lipinski definition) is 2. The van der Waals surface area contributed by atoms with Crippen LogP contribution in [0.4, 0.5) is 11.4 Å². The smallest absolute Gasteiger partial charge is 0.262 e. The molecule has 0 radical (unpaired) electrons. The molecule has 0 unspecified atom stereocenters. The first-order valence-electron chi connectivity index (χ1n) is 7.17. The molecule has 2 N–H and O–H groups in total. The van der Waals surface area contributed by atoms with Crippen molar-refractivity contribution < 1.29 is 19.1 Å². The van der Waals surface area contributed by atoms with Gasteiger partial charge in [0.25, 0.3) is 11.8 Å². The average molecular weight is 312 g/mol. The third kappa shape index (κ3) is 3.60. The van der Waals surface area contributed by atoms with Gasteiger partial charge in [-0.2, -0.15) is 0 Å². The molecule has 118 valence electrons. The predicted octanol–water partition coefficient (Wildman–Crippen LogP) is 2.34. The van der Waals surface area contributed by atoms with Crippen LogP contribution in [-0.4, -0.2) is 25.0 Å². The second kappa shape index (κ2) is 6.39. The van der Waals surface area contributed by atoms with E-state index in [-0.39, 0.29) is 25.0 Å². The molecular weight excluding hydrogens is 296 g/mol. The van der Waals surface area contributed by atoms with E-state index in [0.29, 0.717) is 22.9 Å². The van der Waals surface area contributed by atoms with Gasteiger partial charge >= 0.3 is 0 Å². The van der Waals surface area contributed by atoms with Gasteiger partial charge in [0.1, 0.15) is 17.2 Å². The summed E-state index contributed by atoms with van der Waals surface area (Å²) in [5, 5.41) is 5.41. The average Bonchev–Trinajstić information content (AvgIpc) is 2.54. The van der Waals surface area contributed by atoms with Crippen LogP contribution in [0.5, 0.6) is 11.5 Å². The maximum absolute atomic E-state index is 12.0. The third-order valence-corrected chi connectivity index (χ3v) is 3.28. The van der Waals surface area contributed by atoms with E-state index < -0.39 is 0 Å². The number of benzene rings is 2. The minimum atomic E-state index is -0.320. The Balaban J connectivity index is 1.65. The summed E-state index contributed by atoms with van der Waals surface area (Å²) in [6.07, 6.45) is 0. The Hall–Kier alpha value is -3.02. The van der Waals surface area contributed by atoms with Crippen LogP contribution in [0, 0.1) is 6.92 Å². The molecular formula is C17H16N2O4. The van der Waals surface area contributed by atoms with Crippen molar-refractivity contribution in [1.82, 2.24) is 0 Å². The van der Waals surface area contributed by atoms with Crippen molar-refractivity contribution in [2.45, 2.75) is 6.92 Å². The zero-order valence-electron chi connectivity index (χ0n) is 12.6. The third-order valence-electron chi connectivity index (χ3n) is 3.28. The molecule has 0 aliphatic carbocycles. The number of aryl methyl sites for hydroxylation is 1. The fraction of sp³-hybridized carbons (Fsp3) is 0.176. The number of fused-ring (bicyclic) bond motifs is 1. The van der Waals surface area contributed by atoms with Gasteiger partial charge in [0.05, 0.1) is 5.69 Å². The highest BCUT2D eigenvalue weighted by atomic mass is 16.5. The minimum Gasteiger partial charge on any atom is -0.484 e. The van der Waals surface area contributed by atoms with Crippen molar-refractivity contribution >= 4 is 23.2 Å². The van der Waals surface area contributed by atoms with E-state index in [1.807, 2.05) is 25.1 Å². The molecule has 0 saturated heterocycles. The Kier molecular flexibility index (Phi) is 4.14. The lowest BCUT2D eigenvalue weighted by Crippen LogP contribution is -2.27. The largest absolute Gasteiger partial charge is 0.484 e. The van der Waals surface area contributed by atoms with Gasteiger partial charge in [-0.05, 0) is 36.8 Å². The van der Waals surface area contributed by atoms with Crippen LogP contribution >= 0.6 is 0 Å². The molecule has 1 aliphatic heterocycles. The molecule has 0 spiro atoms. The Morgan fingerprint density at radius 2 is 2.13 bits per heavy atom. The number of ether oxygens (including phenoxy) is 2. The Morgan fingerprint density at radius 1 is 1.30 bits per heavy atom. The van der Waals surface area contributed by atoms with Crippen LogP contribution in [0.3, 0.4) is 0 Å². The van der Waals surface area contributed by atoms with E-state index in [9.17, 15) is 9.59 Å². The van der Waals surface area contributed by atoms with E-state index in [0.717, 1.165) is 5.56 Å². The molecule has 0 aromatic heterocycles. The predicted molar refractivity (Wildman–Crippen MR) is 85.9 cm³/mol. The van der Waals surface area contributed by atoms with Crippen LogP contribution in [0.15, 0.2) is 42.5 Å². The van der Waals surface area contributed by atoms with Crippen molar-refractivity contribution in [2.75, 3.05) is 23.8 Å². The standard InChI is InChI=1S/C17H16N2O4/c1-11-4-2-5-12(8-11)22-9-15(20)18-13-6-3-7-14-17(13)19-16(21)10-23-14/h2-8H,9-10H2,1H3,(H,18,20)(H,19,21). The number of para-hydroxylation sites is 1. The van der Waals surface area contributed by atoms with Gasteiger partial charge < -0.3 is 20.1 Å². The van der Waals surface area contributed by atoms with E-state index in [4.69, 9.17) is 9.47 Å². The summed E-state index contributed by atoms with van der Waals surface area (Å²) in [7, 11) is 0. The Morgan fingerprint density at radius 3 is 2.96 bits per heavy atom. The number of hydrogen-bond acceptors (Lipinski definition) is 4. The SMILES string of the molecule is Cc1cccc(OCC(=O)Nc2cccc3c2NC(=O)CO3)c1. The zero-order chi connectivity index (χ0) is 16.2. The number of carbonyl (C=O) groups is 2. The highest BCUT2D eigenvalue weighted by Crippen LogP contribution is 2.34. The summed E-state index contributed by atoms with van der Waals surface area (Å²) in [5.74, 6) is 0.587. The highest BCUT2D eigenvalue weighted by molar-refractivity contribution is 6.03. The van der Waals surface area contributed by atoms with Crippen molar-refractivity contribution in [3.8, 4) is 11.5 Å². The summed E-state index contributed by atoms with van der Waals surface area (Å²) in [4.78, 5) is 23.5. The lowest BCUT2D eigenvalue weighted by atomic mass is 10.2. The van der Waals surface area contributed by atoms with Crippen molar-refractivity contribution in [1.29, 1.82) is 0 Å². The second-order valence-corrected chi connectivity index (χ2v) is 5.17.